The number of benzene rings is 3. The van der Waals surface area contributed by atoms with Gasteiger partial charge in [-0.2, -0.15) is 0 Å². The number of nitrogens with zero attached hydrogens (tertiary/aromatic N) is 2. The Labute approximate surface area is 180 Å². The summed E-state index contributed by atoms with van der Waals surface area (Å²) in [7, 11) is 0. The van der Waals surface area contributed by atoms with E-state index in [1.54, 1.807) is 4.90 Å². The van der Waals surface area contributed by atoms with E-state index in [9.17, 15) is 9.59 Å². The molecule has 31 heavy (non-hydrogen) atoms. The van der Waals surface area contributed by atoms with Crippen LogP contribution in [0.15, 0.2) is 77.8 Å². The van der Waals surface area contributed by atoms with E-state index < -0.39 is 24.1 Å². The van der Waals surface area contributed by atoms with Gasteiger partial charge in [0.15, 0.2) is 12.1 Å². The van der Waals surface area contributed by atoms with Gasteiger partial charge >= 0.3 is 0 Å². The third-order valence-corrected chi connectivity index (χ3v) is 6.05. The number of ether oxygens (including phenoxy) is 1. The normalized spacial score (nSPS) is 22.9. The van der Waals surface area contributed by atoms with Gasteiger partial charge in [0.2, 0.25) is 11.8 Å². The minimum atomic E-state index is -0.777. The van der Waals surface area contributed by atoms with Crippen LogP contribution in [0.3, 0.4) is 0 Å². The predicted molar refractivity (Wildman–Crippen MR) is 118 cm³/mol. The highest BCUT2D eigenvalue weighted by Crippen LogP contribution is 2.37. The predicted octanol–water partition coefficient (Wildman–Crippen LogP) is 3.20. The molecule has 0 saturated carbocycles. The van der Waals surface area contributed by atoms with E-state index in [1.807, 2.05) is 72.8 Å². The zero-order valence-corrected chi connectivity index (χ0v) is 17.0. The monoisotopic (exact) mass is 413 g/mol. The Morgan fingerprint density at radius 3 is 2.52 bits per heavy atom. The lowest BCUT2D eigenvalue weighted by atomic mass is 9.95. The van der Waals surface area contributed by atoms with E-state index in [1.165, 1.54) is 0 Å². The lowest BCUT2D eigenvalue weighted by Crippen LogP contribution is -2.48. The van der Waals surface area contributed by atoms with E-state index >= 15 is 0 Å². The Hall–Kier alpha value is -3.67. The second-order valence-electron chi connectivity index (χ2n) is 7.94. The molecule has 0 spiro atoms. The number of primary amides is 1. The van der Waals surface area contributed by atoms with Crippen LogP contribution in [0.5, 0.6) is 0 Å². The average Bonchev–Trinajstić information content (AvgIpc) is 3.47. The number of hydrogen-bond donors (Lipinski definition) is 1. The molecule has 5 rings (SSSR count). The van der Waals surface area contributed by atoms with Gasteiger partial charge in [0.1, 0.15) is 6.04 Å². The number of carbonyl (C=O) groups excluding carboxylic acids is 2. The Balaban J connectivity index is 1.58. The molecule has 2 aliphatic heterocycles. The molecule has 0 aliphatic carbocycles. The first kappa shape index (κ1) is 19.3. The van der Waals surface area contributed by atoms with Crippen LogP contribution < -0.4 is 5.73 Å². The summed E-state index contributed by atoms with van der Waals surface area (Å²) in [6.07, 6.45) is 0.757. The fourth-order valence-corrected chi connectivity index (χ4v) is 4.55. The number of likely N-dealkylation sites (tertiary alicyclic amines) is 1. The Bertz CT molecular complexity index is 1170. The van der Waals surface area contributed by atoms with Gasteiger partial charge < -0.3 is 15.4 Å². The largest absolute Gasteiger partial charge is 0.466 e. The molecule has 2 aliphatic rings. The summed E-state index contributed by atoms with van der Waals surface area (Å²) >= 11 is 0. The highest BCUT2D eigenvalue weighted by atomic mass is 16.5. The SMILES string of the molecule is NC(=O)[C@@H]1CCCN1C(=O)[C@H]1N=C(c2ccccc2)O[C@H]1c1cccc2ccccc12. The third-order valence-electron chi connectivity index (χ3n) is 6.05. The van der Waals surface area contributed by atoms with E-state index in [0.29, 0.717) is 18.9 Å². The lowest BCUT2D eigenvalue weighted by molar-refractivity contribution is -0.139. The number of carbonyl (C=O) groups is 2. The van der Waals surface area contributed by atoms with Crippen LogP contribution in [-0.2, 0) is 14.3 Å². The summed E-state index contributed by atoms with van der Waals surface area (Å²) in [6, 6.07) is 22.2. The molecule has 6 nitrogen and oxygen atoms in total. The van der Waals surface area contributed by atoms with Gasteiger partial charge in [-0.3, -0.25) is 9.59 Å². The van der Waals surface area contributed by atoms with Crippen molar-refractivity contribution in [1.29, 1.82) is 0 Å². The molecule has 2 heterocycles. The second-order valence-corrected chi connectivity index (χ2v) is 7.94. The van der Waals surface area contributed by atoms with Crippen LogP contribution in [0, 0.1) is 0 Å². The molecular formula is C25H23N3O3. The first-order valence-corrected chi connectivity index (χ1v) is 10.5. The van der Waals surface area contributed by atoms with Crippen molar-refractivity contribution in [3.05, 3.63) is 83.9 Å². The van der Waals surface area contributed by atoms with Crippen LogP contribution in [0.25, 0.3) is 10.8 Å². The van der Waals surface area contributed by atoms with E-state index in [2.05, 4.69) is 0 Å². The summed E-state index contributed by atoms with van der Waals surface area (Å²) in [4.78, 5) is 31.8. The number of amides is 2. The van der Waals surface area contributed by atoms with Gasteiger partial charge in [-0.25, -0.2) is 4.99 Å². The van der Waals surface area contributed by atoms with Crippen LogP contribution in [-0.4, -0.2) is 41.2 Å². The third kappa shape index (κ3) is 3.44. The molecule has 0 radical (unpaired) electrons. The van der Waals surface area contributed by atoms with Crippen molar-refractivity contribution in [2.45, 2.75) is 31.0 Å². The molecule has 0 bridgehead atoms. The van der Waals surface area contributed by atoms with Gasteiger partial charge in [0.25, 0.3) is 5.91 Å². The molecule has 3 aromatic carbocycles. The molecule has 1 fully saturated rings. The van der Waals surface area contributed by atoms with Crippen LogP contribution in [0.2, 0.25) is 0 Å². The Kier molecular flexibility index (Phi) is 4.90. The topological polar surface area (TPSA) is 85.0 Å². The summed E-state index contributed by atoms with van der Waals surface area (Å²) in [5.74, 6) is -0.254. The molecule has 156 valence electrons. The minimum absolute atomic E-state index is 0.217. The molecule has 3 aromatic rings. The second kappa shape index (κ2) is 7.87. The van der Waals surface area contributed by atoms with Crippen molar-refractivity contribution >= 4 is 28.5 Å². The standard InChI is InChI=1S/C25H23N3O3/c26-23(29)20-14-7-15-28(20)25(30)21-22(31-24(27-21)17-9-2-1-3-10-17)19-13-6-11-16-8-4-5-12-18(16)19/h1-6,8-13,20-22H,7,14-15H2,(H2,26,29)/t20-,21-,22-/m0/s1. The van der Waals surface area contributed by atoms with Gasteiger partial charge in [-0.15, -0.1) is 0 Å². The summed E-state index contributed by atoms with van der Waals surface area (Å²) in [5.41, 5.74) is 7.28. The minimum Gasteiger partial charge on any atom is -0.466 e. The van der Waals surface area contributed by atoms with Crippen molar-refractivity contribution in [2.24, 2.45) is 10.7 Å². The number of fused-ring (bicyclic) bond motifs is 1. The van der Waals surface area contributed by atoms with Crippen LogP contribution >= 0.6 is 0 Å². The van der Waals surface area contributed by atoms with Crippen molar-refractivity contribution in [1.82, 2.24) is 4.90 Å². The highest BCUT2D eigenvalue weighted by molar-refractivity contribution is 6.00. The number of rotatable bonds is 4. The van der Waals surface area contributed by atoms with Crippen molar-refractivity contribution in [3.63, 3.8) is 0 Å². The summed E-state index contributed by atoms with van der Waals surface area (Å²) in [5, 5.41) is 2.09. The quantitative estimate of drug-likeness (QED) is 0.713. The van der Waals surface area contributed by atoms with Gasteiger partial charge in [0.05, 0.1) is 0 Å². The Morgan fingerprint density at radius 2 is 1.71 bits per heavy atom. The van der Waals surface area contributed by atoms with Gasteiger partial charge in [-0.05, 0) is 35.7 Å². The van der Waals surface area contributed by atoms with Gasteiger partial charge in [0, 0.05) is 17.7 Å². The maximum Gasteiger partial charge on any atom is 0.252 e. The molecule has 0 unspecified atom stereocenters. The molecular weight excluding hydrogens is 390 g/mol. The zero-order chi connectivity index (χ0) is 21.4. The van der Waals surface area contributed by atoms with Crippen LogP contribution in [0.4, 0.5) is 0 Å². The molecule has 2 N–H and O–H groups in total. The number of nitrogens with two attached hydrogens (primary N) is 1. The summed E-state index contributed by atoms with van der Waals surface area (Å²) < 4.78 is 6.32. The average molecular weight is 413 g/mol. The number of aliphatic imine (C=N–C) groups is 1. The lowest BCUT2D eigenvalue weighted by Gasteiger charge is -2.27. The first-order valence-electron chi connectivity index (χ1n) is 10.5. The fourth-order valence-electron chi connectivity index (χ4n) is 4.55. The van der Waals surface area contributed by atoms with E-state index in [4.69, 9.17) is 15.5 Å². The molecule has 0 aromatic heterocycles. The van der Waals surface area contributed by atoms with E-state index in [0.717, 1.165) is 28.3 Å². The van der Waals surface area contributed by atoms with Crippen molar-refractivity contribution in [2.75, 3.05) is 6.54 Å². The van der Waals surface area contributed by atoms with Crippen molar-refractivity contribution < 1.29 is 14.3 Å². The van der Waals surface area contributed by atoms with Crippen molar-refractivity contribution in [3.8, 4) is 0 Å². The highest BCUT2D eigenvalue weighted by Gasteiger charge is 2.44. The Morgan fingerprint density at radius 1 is 0.968 bits per heavy atom. The first-order chi connectivity index (χ1) is 15.1. The maximum atomic E-state index is 13.6. The number of hydrogen-bond acceptors (Lipinski definition) is 4. The zero-order valence-electron chi connectivity index (χ0n) is 17.0. The molecule has 2 amide bonds. The summed E-state index contributed by atoms with van der Waals surface area (Å²) in [6.45, 7) is 0.501. The molecule has 1 saturated heterocycles. The smallest absolute Gasteiger partial charge is 0.252 e. The molecule has 3 atom stereocenters. The van der Waals surface area contributed by atoms with E-state index in [-0.39, 0.29) is 5.91 Å². The van der Waals surface area contributed by atoms with Gasteiger partial charge in [-0.1, -0.05) is 60.7 Å². The maximum absolute atomic E-state index is 13.6. The van der Waals surface area contributed by atoms with Crippen LogP contribution in [0.1, 0.15) is 30.1 Å². The fraction of sp³-hybridized carbons (Fsp3) is 0.240. The molecule has 6 heteroatoms.